The molecule has 1 aliphatic rings. The van der Waals surface area contributed by atoms with Crippen LogP contribution in [-0.2, 0) is 5.41 Å². The molecule has 0 aliphatic heterocycles. The Morgan fingerprint density at radius 2 is 2.15 bits per heavy atom. The number of aromatic hydroxyl groups is 1. The number of terminal acetylenes is 1. The molecule has 1 nitrogen and oxygen atoms in total. The molecule has 1 aromatic carbocycles. The molecule has 0 heterocycles. The summed E-state index contributed by atoms with van der Waals surface area (Å²) in [5, 5.41) is 9.48. The predicted molar refractivity (Wildman–Crippen MR) is 47.8 cm³/mol. The molecule has 2 heteroatoms. The van der Waals surface area contributed by atoms with Gasteiger partial charge in [-0.3, -0.25) is 0 Å². The van der Waals surface area contributed by atoms with Gasteiger partial charge in [0.15, 0.2) is 0 Å². The lowest BCUT2D eigenvalue weighted by Gasteiger charge is -2.09. The Labute approximate surface area is 76.2 Å². The van der Waals surface area contributed by atoms with Crippen LogP contribution in [0.4, 0.5) is 4.39 Å². The predicted octanol–water partition coefficient (Wildman–Crippen LogP) is 2.20. The lowest BCUT2D eigenvalue weighted by Crippen LogP contribution is -2.03. The molecule has 0 bridgehead atoms. The van der Waals surface area contributed by atoms with Crippen molar-refractivity contribution in [3.63, 3.8) is 0 Å². The number of halogens is 1. The monoisotopic (exact) mass is 176 g/mol. The number of rotatable bonds is 1. The molecule has 0 aromatic heterocycles. The van der Waals surface area contributed by atoms with E-state index in [1.165, 1.54) is 18.2 Å². The molecule has 0 unspecified atom stereocenters. The highest BCUT2D eigenvalue weighted by molar-refractivity contribution is 5.48. The summed E-state index contributed by atoms with van der Waals surface area (Å²) in [7, 11) is 0. The van der Waals surface area contributed by atoms with Gasteiger partial charge in [0, 0.05) is 5.56 Å². The lowest BCUT2D eigenvalue weighted by molar-refractivity contribution is 0.462. The highest BCUT2D eigenvalue weighted by Crippen LogP contribution is 2.50. The molecule has 2 rings (SSSR count). The van der Waals surface area contributed by atoms with E-state index in [4.69, 9.17) is 6.42 Å². The van der Waals surface area contributed by atoms with Crippen LogP contribution in [-0.4, -0.2) is 5.11 Å². The van der Waals surface area contributed by atoms with Crippen LogP contribution in [0.2, 0.25) is 0 Å². The number of benzene rings is 1. The Kier molecular flexibility index (Phi) is 1.56. The van der Waals surface area contributed by atoms with E-state index < -0.39 is 5.41 Å². The molecular formula is C11H9FO. The minimum absolute atomic E-state index is 0.0943. The van der Waals surface area contributed by atoms with Crippen LogP contribution in [0.3, 0.4) is 0 Å². The summed E-state index contributed by atoms with van der Waals surface area (Å²) in [6.07, 6.45) is 7.00. The second-order valence-corrected chi connectivity index (χ2v) is 3.39. The first-order chi connectivity index (χ1) is 6.18. The van der Waals surface area contributed by atoms with E-state index in [-0.39, 0.29) is 11.6 Å². The Morgan fingerprint density at radius 1 is 1.46 bits per heavy atom. The molecule has 1 saturated carbocycles. The van der Waals surface area contributed by atoms with Crippen molar-refractivity contribution >= 4 is 0 Å². The van der Waals surface area contributed by atoms with Crippen molar-refractivity contribution in [2.24, 2.45) is 0 Å². The zero-order valence-electron chi connectivity index (χ0n) is 7.05. The van der Waals surface area contributed by atoms with Gasteiger partial charge in [-0.2, -0.15) is 0 Å². The van der Waals surface area contributed by atoms with Crippen molar-refractivity contribution in [3.05, 3.63) is 29.6 Å². The third-order valence-electron chi connectivity index (χ3n) is 2.50. The largest absolute Gasteiger partial charge is 0.508 e. The SMILES string of the molecule is C#CC1(c2cc(F)ccc2O)CC1. The van der Waals surface area contributed by atoms with E-state index in [2.05, 4.69) is 5.92 Å². The van der Waals surface area contributed by atoms with Crippen molar-refractivity contribution in [2.45, 2.75) is 18.3 Å². The van der Waals surface area contributed by atoms with Gasteiger partial charge < -0.3 is 5.11 Å². The summed E-state index contributed by atoms with van der Waals surface area (Å²) in [6, 6.07) is 3.90. The third-order valence-corrected chi connectivity index (χ3v) is 2.50. The minimum atomic E-state index is -0.397. The van der Waals surface area contributed by atoms with Crippen LogP contribution < -0.4 is 0 Å². The summed E-state index contributed by atoms with van der Waals surface area (Å²) in [6.45, 7) is 0. The quantitative estimate of drug-likeness (QED) is 0.650. The summed E-state index contributed by atoms with van der Waals surface area (Å²) in [5.41, 5.74) is 0.154. The summed E-state index contributed by atoms with van der Waals surface area (Å²) >= 11 is 0. The molecule has 1 aromatic rings. The second kappa shape index (κ2) is 2.50. The van der Waals surface area contributed by atoms with E-state index in [0.717, 1.165) is 12.8 Å². The first kappa shape index (κ1) is 8.12. The summed E-state index contributed by atoms with van der Waals surface area (Å²) in [5.74, 6) is 2.35. The second-order valence-electron chi connectivity index (χ2n) is 3.39. The van der Waals surface area contributed by atoms with Gasteiger partial charge in [-0.05, 0) is 31.0 Å². The first-order valence-electron chi connectivity index (χ1n) is 4.15. The van der Waals surface area contributed by atoms with Gasteiger partial charge in [0.1, 0.15) is 11.6 Å². The van der Waals surface area contributed by atoms with Gasteiger partial charge in [-0.15, -0.1) is 6.42 Å². The Hall–Kier alpha value is -1.49. The zero-order valence-corrected chi connectivity index (χ0v) is 7.05. The number of hydrogen-bond donors (Lipinski definition) is 1. The first-order valence-corrected chi connectivity index (χ1v) is 4.15. The van der Waals surface area contributed by atoms with Gasteiger partial charge in [0.25, 0.3) is 0 Å². The highest BCUT2D eigenvalue weighted by atomic mass is 19.1. The van der Waals surface area contributed by atoms with E-state index in [9.17, 15) is 9.50 Å². The average Bonchev–Trinajstić information content (AvgIpc) is 2.90. The van der Waals surface area contributed by atoms with Crippen molar-refractivity contribution < 1.29 is 9.50 Å². The molecule has 13 heavy (non-hydrogen) atoms. The van der Waals surface area contributed by atoms with Gasteiger partial charge >= 0.3 is 0 Å². The van der Waals surface area contributed by atoms with Crippen molar-refractivity contribution in [1.82, 2.24) is 0 Å². The van der Waals surface area contributed by atoms with Gasteiger partial charge in [-0.25, -0.2) is 4.39 Å². The molecule has 0 amide bonds. The van der Waals surface area contributed by atoms with Crippen molar-refractivity contribution in [2.75, 3.05) is 0 Å². The Balaban J connectivity index is 2.52. The fraction of sp³-hybridized carbons (Fsp3) is 0.273. The van der Waals surface area contributed by atoms with Crippen LogP contribution in [0.25, 0.3) is 0 Å². The third kappa shape index (κ3) is 1.17. The molecule has 66 valence electrons. The number of phenols is 1. The molecule has 0 atom stereocenters. The van der Waals surface area contributed by atoms with Crippen LogP contribution >= 0.6 is 0 Å². The van der Waals surface area contributed by atoms with Crippen LogP contribution in [0, 0.1) is 18.2 Å². The average molecular weight is 176 g/mol. The Bertz CT molecular complexity index is 386. The molecule has 0 radical (unpaired) electrons. The van der Waals surface area contributed by atoms with Crippen LogP contribution in [0.15, 0.2) is 18.2 Å². The van der Waals surface area contributed by atoms with Crippen LogP contribution in [0.1, 0.15) is 18.4 Å². The molecule has 1 aliphatic carbocycles. The molecule has 0 spiro atoms. The van der Waals surface area contributed by atoms with Crippen molar-refractivity contribution in [3.8, 4) is 18.1 Å². The van der Waals surface area contributed by atoms with E-state index in [1.807, 2.05) is 0 Å². The number of phenolic OH excluding ortho intramolecular Hbond substituents is 1. The van der Waals surface area contributed by atoms with Gasteiger partial charge in [0.05, 0.1) is 5.41 Å². The van der Waals surface area contributed by atoms with Gasteiger partial charge in [0.2, 0.25) is 0 Å². The number of hydrogen-bond acceptors (Lipinski definition) is 1. The standard InChI is InChI=1S/C11H9FO/c1-2-11(5-6-11)9-7-8(12)3-4-10(9)13/h1,3-4,7,13H,5-6H2. The summed E-state index contributed by atoms with van der Waals surface area (Å²) in [4.78, 5) is 0. The normalized spacial score (nSPS) is 17.8. The maximum absolute atomic E-state index is 12.9. The van der Waals surface area contributed by atoms with E-state index >= 15 is 0 Å². The van der Waals surface area contributed by atoms with Crippen molar-refractivity contribution in [1.29, 1.82) is 0 Å². The summed E-state index contributed by atoms with van der Waals surface area (Å²) < 4.78 is 12.9. The maximum Gasteiger partial charge on any atom is 0.123 e. The van der Waals surface area contributed by atoms with E-state index in [0.29, 0.717) is 5.56 Å². The lowest BCUT2D eigenvalue weighted by atomic mass is 9.96. The van der Waals surface area contributed by atoms with Gasteiger partial charge in [-0.1, -0.05) is 5.92 Å². The minimum Gasteiger partial charge on any atom is -0.508 e. The zero-order chi connectivity index (χ0) is 9.47. The fourth-order valence-corrected chi connectivity index (χ4v) is 1.51. The Morgan fingerprint density at radius 3 is 2.69 bits per heavy atom. The fourth-order valence-electron chi connectivity index (χ4n) is 1.51. The molecule has 1 N–H and O–H groups in total. The maximum atomic E-state index is 12.9. The van der Waals surface area contributed by atoms with E-state index in [1.54, 1.807) is 0 Å². The highest BCUT2D eigenvalue weighted by Gasteiger charge is 2.44. The smallest absolute Gasteiger partial charge is 0.123 e. The molecular weight excluding hydrogens is 167 g/mol. The molecule has 0 saturated heterocycles. The molecule has 1 fully saturated rings. The van der Waals surface area contributed by atoms with Crippen LogP contribution in [0.5, 0.6) is 5.75 Å². The topological polar surface area (TPSA) is 20.2 Å².